The normalized spacial score (nSPS) is 38.3. The molecule has 0 aromatic heterocycles. The minimum atomic E-state index is 0.375. The van der Waals surface area contributed by atoms with Crippen LogP contribution in [-0.2, 0) is 0 Å². The van der Waals surface area contributed by atoms with Crippen LogP contribution < -0.4 is 0 Å². The van der Waals surface area contributed by atoms with E-state index in [0.29, 0.717) is 12.0 Å². The highest BCUT2D eigenvalue weighted by atomic mass is 16.3. The summed E-state index contributed by atoms with van der Waals surface area (Å²) >= 11 is 0. The van der Waals surface area contributed by atoms with Crippen molar-refractivity contribution in [2.75, 3.05) is 6.61 Å². The fourth-order valence-corrected chi connectivity index (χ4v) is 3.20. The lowest BCUT2D eigenvalue weighted by atomic mass is 9.57. The Bertz CT molecular complexity index is 158. The molecular weight excluding hydrogens is 160 g/mol. The third kappa shape index (κ3) is 1.63. The van der Waals surface area contributed by atoms with E-state index >= 15 is 0 Å². The van der Waals surface area contributed by atoms with Gasteiger partial charge in [0.15, 0.2) is 0 Å². The van der Waals surface area contributed by atoms with Crippen molar-refractivity contribution in [1.82, 2.24) is 0 Å². The van der Waals surface area contributed by atoms with E-state index in [1.165, 1.54) is 44.9 Å². The molecule has 0 bridgehead atoms. The lowest BCUT2D eigenvalue weighted by Gasteiger charge is -2.49. The van der Waals surface area contributed by atoms with E-state index in [2.05, 4.69) is 6.92 Å². The Morgan fingerprint density at radius 3 is 2.15 bits per heavy atom. The summed E-state index contributed by atoms with van der Waals surface area (Å²) in [6, 6.07) is 0. The molecule has 2 aliphatic carbocycles. The summed E-state index contributed by atoms with van der Waals surface area (Å²) < 4.78 is 0. The standard InChI is InChI=1S/C12H22O/c1-10-3-5-11(6-4-10)12(9-13)7-2-8-12/h10-11,13H,2-9H2,1H3. The summed E-state index contributed by atoms with van der Waals surface area (Å²) in [5, 5.41) is 9.45. The van der Waals surface area contributed by atoms with Crippen LogP contribution in [0.4, 0.5) is 0 Å². The van der Waals surface area contributed by atoms with Gasteiger partial charge in [-0.2, -0.15) is 0 Å². The Morgan fingerprint density at radius 1 is 1.15 bits per heavy atom. The third-order valence-corrected chi connectivity index (χ3v) is 4.55. The minimum absolute atomic E-state index is 0.375. The first-order chi connectivity index (χ1) is 6.27. The Hall–Kier alpha value is -0.0400. The number of aliphatic hydroxyl groups is 1. The average Bonchev–Trinajstić information content (AvgIpc) is 2.07. The van der Waals surface area contributed by atoms with Crippen molar-refractivity contribution in [2.24, 2.45) is 17.3 Å². The van der Waals surface area contributed by atoms with Crippen LogP contribution in [0.15, 0.2) is 0 Å². The third-order valence-electron chi connectivity index (χ3n) is 4.55. The molecule has 2 fully saturated rings. The molecule has 13 heavy (non-hydrogen) atoms. The van der Waals surface area contributed by atoms with Crippen molar-refractivity contribution in [1.29, 1.82) is 0 Å². The van der Waals surface area contributed by atoms with Crippen molar-refractivity contribution >= 4 is 0 Å². The Balaban J connectivity index is 1.92. The van der Waals surface area contributed by atoms with E-state index in [-0.39, 0.29) is 0 Å². The highest BCUT2D eigenvalue weighted by Crippen LogP contribution is 2.52. The SMILES string of the molecule is CC1CCC(C2(CO)CCC2)CC1. The van der Waals surface area contributed by atoms with Crippen molar-refractivity contribution in [2.45, 2.75) is 51.9 Å². The minimum Gasteiger partial charge on any atom is -0.396 e. The molecule has 0 heterocycles. The monoisotopic (exact) mass is 182 g/mol. The predicted molar refractivity (Wildman–Crippen MR) is 54.5 cm³/mol. The van der Waals surface area contributed by atoms with Crippen molar-refractivity contribution in [3.63, 3.8) is 0 Å². The molecule has 0 radical (unpaired) electrons. The van der Waals surface area contributed by atoms with Crippen molar-refractivity contribution in [3.8, 4) is 0 Å². The molecule has 1 nitrogen and oxygen atoms in total. The Morgan fingerprint density at radius 2 is 1.77 bits per heavy atom. The van der Waals surface area contributed by atoms with E-state index in [4.69, 9.17) is 0 Å². The maximum atomic E-state index is 9.45. The highest BCUT2D eigenvalue weighted by Gasteiger charge is 2.43. The summed E-state index contributed by atoms with van der Waals surface area (Å²) in [5.41, 5.74) is 0.375. The van der Waals surface area contributed by atoms with Gasteiger partial charge >= 0.3 is 0 Å². The molecule has 0 unspecified atom stereocenters. The molecule has 2 aliphatic rings. The predicted octanol–water partition coefficient (Wildman–Crippen LogP) is 2.98. The topological polar surface area (TPSA) is 20.2 Å². The lowest BCUT2D eigenvalue weighted by molar-refractivity contribution is -0.0328. The second-order valence-corrected chi connectivity index (χ2v) is 5.33. The van der Waals surface area contributed by atoms with Crippen LogP contribution in [-0.4, -0.2) is 11.7 Å². The van der Waals surface area contributed by atoms with E-state index in [1.807, 2.05) is 0 Å². The molecule has 2 rings (SSSR count). The van der Waals surface area contributed by atoms with Gasteiger partial charge in [-0.05, 0) is 42.9 Å². The number of aliphatic hydroxyl groups excluding tert-OH is 1. The van der Waals surface area contributed by atoms with Crippen LogP contribution in [0.25, 0.3) is 0 Å². The van der Waals surface area contributed by atoms with Crippen LogP contribution >= 0.6 is 0 Å². The van der Waals surface area contributed by atoms with Crippen molar-refractivity contribution in [3.05, 3.63) is 0 Å². The zero-order chi connectivity index (χ0) is 9.31. The van der Waals surface area contributed by atoms with Gasteiger partial charge in [-0.1, -0.05) is 26.2 Å². The van der Waals surface area contributed by atoms with E-state index in [1.54, 1.807) is 0 Å². The van der Waals surface area contributed by atoms with E-state index in [0.717, 1.165) is 11.8 Å². The molecule has 2 saturated carbocycles. The fraction of sp³-hybridized carbons (Fsp3) is 1.00. The lowest BCUT2D eigenvalue weighted by Crippen LogP contribution is -2.42. The average molecular weight is 182 g/mol. The zero-order valence-electron chi connectivity index (χ0n) is 8.76. The van der Waals surface area contributed by atoms with Crippen LogP contribution in [0, 0.1) is 17.3 Å². The summed E-state index contributed by atoms with van der Waals surface area (Å²) in [6.07, 6.45) is 9.49. The molecule has 1 N–H and O–H groups in total. The molecule has 0 spiro atoms. The smallest absolute Gasteiger partial charge is 0.0490 e. The highest BCUT2D eigenvalue weighted by molar-refractivity contribution is 4.94. The number of hydrogen-bond acceptors (Lipinski definition) is 1. The van der Waals surface area contributed by atoms with E-state index in [9.17, 15) is 5.11 Å². The van der Waals surface area contributed by atoms with Crippen LogP contribution in [0.2, 0.25) is 0 Å². The van der Waals surface area contributed by atoms with Gasteiger partial charge in [-0.25, -0.2) is 0 Å². The van der Waals surface area contributed by atoms with Crippen LogP contribution in [0.1, 0.15) is 51.9 Å². The summed E-state index contributed by atoms with van der Waals surface area (Å²) in [5.74, 6) is 1.79. The van der Waals surface area contributed by atoms with E-state index < -0.39 is 0 Å². The van der Waals surface area contributed by atoms with Gasteiger partial charge in [0.25, 0.3) is 0 Å². The molecule has 1 heteroatoms. The molecule has 0 aromatic carbocycles. The molecule has 0 aliphatic heterocycles. The fourth-order valence-electron chi connectivity index (χ4n) is 3.20. The molecule has 0 amide bonds. The quantitative estimate of drug-likeness (QED) is 0.696. The van der Waals surface area contributed by atoms with Gasteiger partial charge in [0, 0.05) is 6.61 Å². The summed E-state index contributed by atoms with van der Waals surface area (Å²) in [4.78, 5) is 0. The van der Waals surface area contributed by atoms with Gasteiger partial charge in [-0.3, -0.25) is 0 Å². The Kier molecular flexibility index (Phi) is 2.64. The number of hydrogen-bond donors (Lipinski definition) is 1. The molecule has 0 saturated heterocycles. The van der Waals surface area contributed by atoms with Gasteiger partial charge in [0.05, 0.1) is 0 Å². The first-order valence-corrected chi connectivity index (χ1v) is 5.88. The van der Waals surface area contributed by atoms with Crippen LogP contribution in [0.5, 0.6) is 0 Å². The van der Waals surface area contributed by atoms with Gasteiger partial charge in [0.2, 0.25) is 0 Å². The summed E-state index contributed by atoms with van der Waals surface area (Å²) in [7, 11) is 0. The van der Waals surface area contributed by atoms with Crippen LogP contribution in [0.3, 0.4) is 0 Å². The van der Waals surface area contributed by atoms with Gasteiger partial charge in [-0.15, -0.1) is 0 Å². The largest absolute Gasteiger partial charge is 0.396 e. The first kappa shape index (κ1) is 9.51. The molecular formula is C12H22O. The molecule has 0 atom stereocenters. The van der Waals surface area contributed by atoms with Gasteiger partial charge < -0.3 is 5.11 Å². The first-order valence-electron chi connectivity index (χ1n) is 5.88. The molecule has 76 valence electrons. The van der Waals surface area contributed by atoms with Gasteiger partial charge in [0.1, 0.15) is 0 Å². The second-order valence-electron chi connectivity index (χ2n) is 5.33. The maximum Gasteiger partial charge on any atom is 0.0490 e. The zero-order valence-corrected chi connectivity index (χ0v) is 8.76. The number of rotatable bonds is 2. The second kappa shape index (κ2) is 3.61. The summed E-state index contributed by atoms with van der Waals surface area (Å²) in [6.45, 7) is 2.81. The Labute approximate surface area is 81.5 Å². The van der Waals surface area contributed by atoms with Crippen molar-refractivity contribution < 1.29 is 5.11 Å². The molecule has 0 aromatic rings. The maximum absolute atomic E-state index is 9.45.